The molecule has 0 bridgehead atoms. The van der Waals surface area contributed by atoms with E-state index < -0.39 is 94.6 Å². The quantitative estimate of drug-likeness (QED) is 0.201. The van der Waals surface area contributed by atoms with Gasteiger partial charge in [-0.15, -0.1) is 0 Å². The molecule has 2 heterocycles. The first-order valence-electron chi connectivity index (χ1n) is 14.2. The van der Waals surface area contributed by atoms with Crippen LogP contribution in [-0.2, 0) is 34.4 Å². The highest BCUT2D eigenvalue weighted by atomic mass is 19.4. The van der Waals surface area contributed by atoms with Crippen LogP contribution in [0.5, 0.6) is 0 Å². The summed E-state index contributed by atoms with van der Waals surface area (Å²) in [5.74, 6) is -3.53. The molecule has 2 N–H and O–H groups in total. The van der Waals surface area contributed by atoms with E-state index in [-0.39, 0.29) is 37.0 Å². The second kappa shape index (κ2) is 13.1. The van der Waals surface area contributed by atoms with Crippen LogP contribution in [0.25, 0.3) is 0 Å². The molecule has 0 spiro atoms. The predicted octanol–water partition coefficient (Wildman–Crippen LogP) is 7.71. The molecule has 0 aliphatic carbocycles. The van der Waals surface area contributed by atoms with E-state index in [9.17, 15) is 49.1 Å². The Kier molecular flexibility index (Phi) is 9.90. The zero-order valence-electron chi connectivity index (χ0n) is 24.9. The first kappa shape index (κ1) is 35.6. The van der Waals surface area contributed by atoms with Gasteiger partial charge in [0.15, 0.2) is 5.69 Å². The molecule has 4 rings (SSSR count). The van der Waals surface area contributed by atoms with Crippen molar-refractivity contribution in [2.75, 3.05) is 18.1 Å². The van der Waals surface area contributed by atoms with Gasteiger partial charge in [-0.25, -0.2) is 14.6 Å². The minimum atomic E-state index is -5.17. The van der Waals surface area contributed by atoms with E-state index in [1.807, 2.05) is 0 Å². The van der Waals surface area contributed by atoms with Crippen LogP contribution in [0.4, 0.5) is 50.0 Å². The number of aromatic nitrogens is 1. The molecule has 47 heavy (non-hydrogen) atoms. The van der Waals surface area contributed by atoms with Gasteiger partial charge in [0.1, 0.15) is 5.76 Å². The van der Waals surface area contributed by atoms with Gasteiger partial charge in [-0.2, -0.15) is 39.5 Å². The van der Waals surface area contributed by atoms with Crippen LogP contribution in [0.2, 0.25) is 0 Å². The van der Waals surface area contributed by atoms with Gasteiger partial charge in [-0.3, -0.25) is 4.90 Å². The van der Waals surface area contributed by atoms with Crippen molar-refractivity contribution in [1.82, 2.24) is 4.98 Å². The van der Waals surface area contributed by atoms with Crippen molar-refractivity contribution in [2.45, 2.75) is 70.1 Å². The van der Waals surface area contributed by atoms with Crippen LogP contribution < -0.4 is 10.6 Å². The summed E-state index contributed by atoms with van der Waals surface area (Å²) in [6.45, 7) is 4.29. The predicted molar refractivity (Wildman–Crippen MR) is 147 cm³/mol. The molecule has 0 saturated heterocycles. The Morgan fingerprint density at radius 2 is 1.43 bits per heavy atom. The lowest BCUT2D eigenvalue weighted by Gasteiger charge is -2.43. The summed E-state index contributed by atoms with van der Waals surface area (Å²) in [6.07, 6.45) is -16.8. The molecule has 0 saturated carbocycles. The standard InChI is InChI=1S/C30H28F9N3O5/c1-4-19-23(40)22(18-13-15(28(31,32)33)7-8-20(18)42(19)27(44)46-6-3)25-41-24(26(43)45-5-2)21(47-25)11-14-9-16(29(34,35)36)12-17(10-14)30(37,38)39/h7-10,12-13,19,22-23H,4-6,11,40H2,1-3H3. The molecule has 1 aliphatic heterocycles. The number of esters is 1. The molecule has 1 amide bonds. The van der Waals surface area contributed by atoms with Crippen molar-refractivity contribution >= 4 is 17.7 Å². The maximum Gasteiger partial charge on any atom is 0.416 e. The summed E-state index contributed by atoms with van der Waals surface area (Å²) in [5, 5.41) is 0. The number of anilines is 1. The van der Waals surface area contributed by atoms with Crippen molar-refractivity contribution in [3.05, 3.63) is 81.6 Å². The first-order valence-corrected chi connectivity index (χ1v) is 14.2. The molecule has 3 aromatic rings. The highest BCUT2D eigenvalue weighted by molar-refractivity contribution is 5.91. The topological polar surface area (TPSA) is 108 Å². The highest BCUT2D eigenvalue weighted by Gasteiger charge is 2.46. The Morgan fingerprint density at radius 3 is 1.94 bits per heavy atom. The number of hydrogen-bond donors (Lipinski definition) is 1. The van der Waals surface area contributed by atoms with E-state index in [2.05, 4.69) is 4.98 Å². The number of hydrogen-bond acceptors (Lipinski definition) is 7. The Hall–Kier alpha value is -4.28. The number of rotatable bonds is 7. The molecule has 1 aromatic heterocycles. The molecule has 0 fully saturated rings. The van der Waals surface area contributed by atoms with Gasteiger partial charge in [0.2, 0.25) is 5.89 Å². The average Bonchev–Trinajstić information content (AvgIpc) is 3.37. The Morgan fingerprint density at radius 1 is 0.851 bits per heavy atom. The fourth-order valence-corrected chi connectivity index (χ4v) is 5.45. The van der Waals surface area contributed by atoms with E-state index in [1.54, 1.807) is 6.92 Å². The van der Waals surface area contributed by atoms with Crippen LogP contribution >= 0.6 is 0 Å². The number of carbonyl (C=O) groups excluding carboxylic acids is 2. The van der Waals surface area contributed by atoms with E-state index in [0.29, 0.717) is 18.2 Å². The van der Waals surface area contributed by atoms with Crippen LogP contribution in [-0.4, -0.2) is 42.3 Å². The number of oxazole rings is 1. The number of halogens is 9. The van der Waals surface area contributed by atoms with Crippen molar-refractivity contribution in [3.63, 3.8) is 0 Å². The number of nitrogens with zero attached hydrogens (tertiary/aromatic N) is 2. The molecular formula is C30H28F9N3O5. The van der Waals surface area contributed by atoms with Crippen LogP contribution in [0.15, 0.2) is 40.8 Å². The zero-order chi connectivity index (χ0) is 35.1. The van der Waals surface area contributed by atoms with Crippen LogP contribution in [0.1, 0.15) is 83.1 Å². The lowest BCUT2D eigenvalue weighted by molar-refractivity contribution is -0.143. The first-order chi connectivity index (χ1) is 21.8. The zero-order valence-corrected chi connectivity index (χ0v) is 24.9. The van der Waals surface area contributed by atoms with Gasteiger partial charge < -0.3 is 19.6 Å². The summed E-state index contributed by atoms with van der Waals surface area (Å²) in [5.41, 5.74) is 0.746. The summed E-state index contributed by atoms with van der Waals surface area (Å²) in [4.78, 5) is 31.1. The molecule has 3 unspecified atom stereocenters. The molecule has 256 valence electrons. The van der Waals surface area contributed by atoms with Gasteiger partial charge in [-0.05, 0) is 67.8 Å². The fraction of sp³-hybridized carbons (Fsp3) is 0.433. The van der Waals surface area contributed by atoms with E-state index in [0.717, 1.165) is 17.0 Å². The average molecular weight is 682 g/mol. The third-order valence-electron chi connectivity index (χ3n) is 7.45. The normalized spacial score (nSPS) is 18.6. The Balaban J connectivity index is 1.94. The monoisotopic (exact) mass is 681 g/mol. The van der Waals surface area contributed by atoms with E-state index >= 15 is 0 Å². The van der Waals surface area contributed by atoms with Gasteiger partial charge in [0.05, 0.1) is 47.6 Å². The lowest BCUT2D eigenvalue weighted by Crippen LogP contribution is -2.56. The van der Waals surface area contributed by atoms with Gasteiger partial charge in [0, 0.05) is 12.5 Å². The number of fused-ring (bicyclic) bond motifs is 1. The van der Waals surface area contributed by atoms with Crippen molar-refractivity contribution < 1.29 is 63.0 Å². The van der Waals surface area contributed by atoms with Crippen molar-refractivity contribution in [1.29, 1.82) is 0 Å². The number of amides is 1. The molecule has 1 aliphatic rings. The molecular weight excluding hydrogens is 653 g/mol. The molecule has 3 atom stereocenters. The van der Waals surface area contributed by atoms with Crippen molar-refractivity contribution in [2.24, 2.45) is 5.73 Å². The number of carbonyl (C=O) groups is 2. The Bertz CT molecular complexity index is 1600. The number of benzene rings is 2. The van der Waals surface area contributed by atoms with E-state index in [4.69, 9.17) is 19.6 Å². The summed E-state index contributed by atoms with van der Waals surface area (Å²) < 4.78 is 139. The third kappa shape index (κ3) is 7.34. The fourth-order valence-electron chi connectivity index (χ4n) is 5.45. The molecule has 0 radical (unpaired) electrons. The summed E-state index contributed by atoms with van der Waals surface area (Å²) in [7, 11) is 0. The van der Waals surface area contributed by atoms with E-state index in [1.165, 1.54) is 13.8 Å². The smallest absolute Gasteiger partial charge is 0.416 e. The SMILES string of the molecule is CCOC(=O)c1nc(C2c3cc(C(F)(F)F)ccc3N(C(=O)OCC)C(CC)C2N)oc1Cc1cc(C(F)(F)F)cc(C(F)(F)F)c1. The maximum atomic E-state index is 13.8. The lowest BCUT2D eigenvalue weighted by atomic mass is 9.80. The minimum absolute atomic E-state index is 0.0415. The Labute approximate surface area is 261 Å². The largest absolute Gasteiger partial charge is 0.461 e. The second-order valence-electron chi connectivity index (χ2n) is 10.5. The second-order valence-corrected chi connectivity index (χ2v) is 10.5. The van der Waals surface area contributed by atoms with Crippen molar-refractivity contribution in [3.8, 4) is 0 Å². The number of ether oxygens (including phenoxy) is 2. The number of nitrogens with two attached hydrogens (primary N) is 1. The third-order valence-corrected chi connectivity index (χ3v) is 7.45. The summed E-state index contributed by atoms with van der Waals surface area (Å²) >= 11 is 0. The summed E-state index contributed by atoms with van der Waals surface area (Å²) in [6, 6.07) is 1.14. The number of alkyl halides is 9. The molecule has 2 aromatic carbocycles. The van der Waals surface area contributed by atoms with Crippen LogP contribution in [0.3, 0.4) is 0 Å². The molecule has 8 nitrogen and oxygen atoms in total. The minimum Gasteiger partial charge on any atom is -0.461 e. The maximum absolute atomic E-state index is 13.8. The highest BCUT2D eigenvalue weighted by Crippen LogP contribution is 2.46. The van der Waals surface area contributed by atoms with Gasteiger partial charge >= 0.3 is 30.6 Å². The molecule has 17 heteroatoms. The van der Waals surface area contributed by atoms with Crippen LogP contribution in [0, 0.1) is 0 Å². The van der Waals surface area contributed by atoms with Gasteiger partial charge in [-0.1, -0.05) is 6.92 Å². The van der Waals surface area contributed by atoms with Gasteiger partial charge in [0.25, 0.3) is 0 Å².